The fraction of sp³-hybridized carbons (Fsp3) is 0.0625. The molecule has 0 amide bonds. The molecule has 0 radical (unpaired) electrons. The molecular weight excluding hydrogens is 341 g/mol. The third-order valence-electron chi connectivity index (χ3n) is 4.20. The lowest BCUT2D eigenvalue weighted by molar-refractivity contribution is 0.435. The summed E-state index contributed by atoms with van der Waals surface area (Å²) in [7, 11) is 0. The number of H-pyrrole nitrogens is 1. The molecule has 10 heteroatoms. The van der Waals surface area contributed by atoms with Crippen LogP contribution >= 0.6 is 0 Å². The van der Waals surface area contributed by atoms with E-state index in [4.69, 9.17) is 4.42 Å². The van der Waals surface area contributed by atoms with E-state index in [0.29, 0.717) is 28.5 Å². The average molecular weight is 351 g/mol. The number of rotatable bonds is 2. The maximum absolute atomic E-state index is 13.3. The summed E-state index contributed by atoms with van der Waals surface area (Å²) >= 11 is 0. The molecule has 1 aliphatic heterocycles. The lowest BCUT2D eigenvalue weighted by atomic mass is 9.96. The summed E-state index contributed by atoms with van der Waals surface area (Å²) in [4.78, 5) is 12.4. The number of aromatic amines is 1. The van der Waals surface area contributed by atoms with E-state index in [1.54, 1.807) is 24.3 Å². The Bertz CT molecular complexity index is 1150. The fourth-order valence-electron chi connectivity index (χ4n) is 3.08. The van der Waals surface area contributed by atoms with Gasteiger partial charge in [0.1, 0.15) is 23.3 Å². The number of benzene rings is 1. The number of halogens is 1. The van der Waals surface area contributed by atoms with Crippen LogP contribution in [0.2, 0.25) is 0 Å². The summed E-state index contributed by atoms with van der Waals surface area (Å²) in [6, 6.07) is 8.74. The van der Waals surface area contributed by atoms with Gasteiger partial charge in [-0.1, -0.05) is 5.10 Å². The van der Waals surface area contributed by atoms with Gasteiger partial charge in [0.2, 0.25) is 5.95 Å². The molecule has 2 N–H and O–H groups in total. The lowest BCUT2D eigenvalue weighted by Gasteiger charge is -2.26. The number of nitrogens with one attached hydrogen (secondary N) is 2. The van der Waals surface area contributed by atoms with Crippen molar-refractivity contribution in [2.75, 3.05) is 5.32 Å². The molecule has 3 aromatic heterocycles. The first-order chi connectivity index (χ1) is 12.7. The van der Waals surface area contributed by atoms with Crippen molar-refractivity contribution >= 4 is 11.6 Å². The van der Waals surface area contributed by atoms with Crippen LogP contribution in [0.4, 0.5) is 16.0 Å². The smallest absolute Gasteiger partial charge is 0.288 e. The molecule has 5 rings (SSSR count). The molecule has 0 saturated heterocycles. The molecule has 4 heterocycles. The van der Waals surface area contributed by atoms with E-state index in [0.717, 1.165) is 0 Å². The minimum absolute atomic E-state index is 0.267. The van der Waals surface area contributed by atoms with Crippen molar-refractivity contribution in [3.8, 4) is 11.3 Å². The van der Waals surface area contributed by atoms with Crippen LogP contribution in [0.5, 0.6) is 0 Å². The minimum atomic E-state index is -0.596. The molecule has 0 fully saturated rings. The fourth-order valence-corrected chi connectivity index (χ4v) is 3.08. The van der Waals surface area contributed by atoms with Crippen molar-refractivity contribution in [2.45, 2.75) is 6.04 Å². The third-order valence-corrected chi connectivity index (χ3v) is 4.20. The quantitative estimate of drug-likeness (QED) is 0.499. The number of tetrazole rings is 1. The number of furan rings is 1. The summed E-state index contributed by atoms with van der Waals surface area (Å²) in [5.74, 6) is 0.480. The second-order valence-electron chi connectivity index (χ2n) is 5.69. The van der Waals surface area contributed by atoms with Crippen molar-refractivity contribution in [1.29, 1.82) is 0 Å². The molecule has 0 bridgehead atoms. The predicted molar refractivity (Wildman–Crippen MR) is 87.3 cm³/mol. The van der Waals surface area contributed by atoms with Crippen LogP contribution in [-0.4, -0.2) is 30.4 Å². The van der Waals surface area contributed by atoms with E-state index in [1.165, 1.54) is 23.1 Å². The predicted octanol–water partition coefficient (Wildman–Crippen LogP) is 1.85. The Hall–Kier alpha value is -3.82. The molecule has 0 spiro atoms. The van der Waals surface area contributed by atoms with Crippen LogP contribution in [0.3, 0.4) is 0 Å². The molecule has 0 aliphatic carbocycles. The van der Waals surface area contributed by atoms with Crippen LogP contribution in [-0.2, 0) is 0 Å². The first kappa shape index (κ1) is 14.5. The topological polar surface area (TPSA) is 115 Å². The van der Waals surface area contributed by atoms with Crippen molar-refractivity contribution in [1.82, 2.24) is 30.4 Å². The molecule has 1 unspecified atom stereocenters. The number of hydrogen-bond donors (Lipinski definition) is 2. The van der Waals surface area contributed by atoms with Crippen LogP contribution in [0.1, 0.15) is 17.4 Å². The summed E-state index contributed by atoms with van der Waals surface area (Å²) in [6.07, 6.45) is 1.53. The van der Waals surface area contributed by atoms with Gasteiger partial charge in [0.05, 0.1) is 12.0 Å². The van der Waals surface area contributed by atoms with Crippen molar-refractivity contribution in [2.24, 2.45) is 0 Å². The maximum Gasteiger partial charge on any atom is 0.288 e. The van der Waals surface area contributed by atoms with Gasteiger partial charge >= 0.3 is 0 Å². The SMILES string of the molecule is O=c1[nH]nc(-c2ccc(F)cc2)c2c1Nc1nnnn1C2c1ccco1. The van der Waals surface area contributed by atoms with E-state index in [-0.39, 0.29) is 11.5 Å². The van der Waals surface area contributed by atoms with E-state index in [9.17, 15) is 9.18 Å². The lowest BCUT2D eigenvalue weighted by Crippen LogP contribution is -2.28. The summed E-state index contributed by atoms with van der Waals surface area (Å²) < 4.78 is 20.4. The minimum Gasteiger partial charge on any atom is -0.467 e. The third kappa shape index (κ3) is 2.05. The Balaban J connectivity index is 1.82. The van der Waals surface area contributed by atoms with Gasteiger partial charge in [-0.15, -0.1) is 0 Å². The standard InChI is InChI=1S/C16H10FN7O2/c17-9-5-3-8(4-6-9)12-11-13(15(25)20-19-12)18-16-21-22-23-24(16)14(11)10-2-1-7-26-10/h1-7,14H,(H,20,25)(H,18,21,23). The average Bonchev–Trinajstić information content (AvgIpc) is 3.33. The highest BCUT2D eigenvalue weighted by Gasteiger charge is 2.35. The summed E-state index contributed by atoms with van der Waals surface area (Å²) in [5.41, 5.74) is 1.48. The Morgan fingerprint density at radius 2 is 2.04 bits per heavy atom. The van der Waals surface area contributed by atoms with Crippen LogP contribution in [0.25, 0.3) is 11.3 Å². The zero-order chi connectivity index (χ0) is 17.7. The summed E-state index contributed by atoms with van der Waals surface area (Å²) in [6.45, 7) is 0. The van der Waals surface area contributed by atoms with Crippen LogP contribution in [0.15, 0.2) is 51.9 Å². The molecule has 1 atom stereocenters. The molecular formula is C16H10FN7O2. The van der Waals surface area contributed by atoms with E-state index in [2.05, 4.69) is 31.0 Å². The van der Waals surface area contributed by atoms with Gasteiger partial charge in [-0.05, 0) is 46.8 Å². The van der Waals surface area contributed by atoms with Gasteiger partial charge in [-0.2, -0.15) is 9.78 Å². The maximum atomic E-state index is 13.3. The number of aromatic nitrogens is 6. The highest BCUT2D eigenvalue weighted by Crippen LogP contribution is 2.40. The van der Waals surface area contributed by atoms with Crippen LogP contribution < -0.4 is 10.9 Å². The van der Waals surface area contributed by atoms with Crippen LogP contribution in [0, 0.1) is 5.82 Å². The highest BCUT2D eigenvalue weighted by molar-refractivity contribution is 5.75. The van der Waals surface area contributed by atoms with Gasteiger partial charge in [0, 0.05) is 11.1 Å². The molecule has 4 aromatic rings. The first-order valence-corrected chi connectivity index (χ1v) is 7.69. The Morgan fingerprint density at radius 1 is 1.19 bits per heavy atom. The molecule has 1 aliphatic rings. The van der Waals surface area contributed by atoms with Crippen molar-refractivity contribution in [3.63, 3.8) is 0 Å². The monoisotopic (exact) mass is 351 g/mol. The number of hydrogen-bond acceptors (Lipinski definition) is 7. The van der Waals surface area contributed by atoms with Crippen molar-refractivity contribution < 1.29 is 8.81 Å². The number of nitrogens with zero attached hydrogens (tertiary/aromatic N) is 5. The zero-order valence-electron chi connectivity index (χ0n) is 13.0. The first-order valence-electron chi connectivity index (χ1n) is 7.69. The van der Waals surface area contributed by atoms with Gasteiger partial charge < -0.3 is 9.73 Å². The van der Waals surface area contributed by atoms with Gasteiger partial charge in [-0.3, -0.25) is 4.79 Å². The molecule has 128 valence electrons. The largest absolute Gasteiger partial charge is 0.467 e. The van der Waals surface area contributed by atoms with E-state index < -0.39 is 11.6 Å². The Labute approximate surface area is 144 Å². The molecule has 0 saturated carbocycles. The second-order valence-corrected chi connectivity index (χ2v) is 5.69. The number of anilines is 2. The van der Waals surface area contributed by atoms with Gasteiger partial charge in [-0.25, -0.2) is 9.49 Å². The Kier molecular flexibility index (Phi) is 2.98. The summed E-state index contributed by atoms with van der Waals surface area (Å²) in [5, 5.41) is 21.1. The normalized spacial score (nSPS) is 15.2. The van der Waals surface area contributed by atoms with Gasteiger partial charge in [0.15, 0.2) is 0 Å². The van der Waals surface area contributed by atoms with Gasteiger partial charge in [0.25, 0.3) is 5.56 Å². The number of fused-ring (bicyclic) bond motifs is 2. The zero-order valence-corrected chi connectivity index (χ0v) is 13.0. The molecule has 9 nitrogen and oxygen atoms in total. The molecule has 26 heavy (non-hydrogen) atoms. The molecule has 1 aromatic carbocycles. The van der Waals surface area contributed by atoms with E-state index >= 15 is 0 Å². The highest BCUT2D eigenvalue weighted by atomic mass is 19.1. The second kappa shape index (κ2) is 5.34. The van der Waals surface area contributed by atoms with Crippen molar-refractivity contribution in [3.05, 3.63) is 70.2 Å². The Morgan fingerprint density at radius 3 is 2.81 bits per heavy atom. The van der Waals surface area contributed by atoms with E-state index in [1.807, 2.05) is 0 Å².